The van der Waals surface area contributed by atoms with Crippen LogP contribution in [0.25, 0.3) is 0 Å². The number of rotatable bonds is 5. The van der Waals surface area contributed by atoms with Crippen molar-refractivity contribution in [3.8, 4) is 0 Å². The first-order valence-corrected chi connectivity index (χ1v) is 9.13. The van der Waals surface area contributed by atoms with Crippen molar-refractivity contribution >= 4 is 17.2 Å². The van der Waals surface area contributed by atoms with E-state index in [1.165, 1.54) is 21.9 Å². The number of hydrogen-bond donors (Lipinski definition) is 0. The smallest absolute Gasteiger partial charge is 0.236 e. The first kappa shape index (κ1) is 17.1. The molecule has 1 saturated heterocycles. The highest BCUT2D eigenvalue weighted by molar-refractivity contribution is 7.12. The summed E-state index contributed by atoms with van der Waals surface area (Å²) in [6.07, 6.45) is 2.26. The highest BCUT2D eigenvalue weighted by Gasteiger charge is 2.29. The van der Waals surface area contributed by atoms with Gasteiger partial charge in [0.2, 0.25) is 5.91 Å². The van der Waals surface area contributed by atoms with E-state index < -0.39 is 0 Å². The van der Waals surface area contributed by atoms with Crippen molar-refractivity contribution in [3.63, 3.8) is 0 Å². The minimum atomic E-state index is -0.251. The molecule has 0 spiro atoms. The predicted octanol–water partition coefficient (Wildman–Crippen LogP) is 3.99. The summed E-state index contributed by atoms with van der Waals surface area (Å²) in [5.41, 5.74) is 0.944. The standard InChI is InChI=1S/C19H23FN2OS/c1-14-5-10-18(24-14)17-4-3-11-22(17)13-19(23)21(2)12-15-6-8-16(20)9-7-15/h5-10,17H,3-4,11-13H2,1-2H3. The van der Waals surface area contributed by atoms with Gasteiger partial charge >= 0.3 is 0 Å². The number of benzene rings is 1. The number of halogens is 1. The summed E-state index contributed by atoms with van der Waals surface area (Å²) < 4.78 is 13.0. The monoisotopic (exact) mass is 346 g/mol. The van der Waals surface area contributed by atoms with Gasteiger partial charge in [0.25, 0.3) is 0 Å². The molecule has 5 heteroatoms. The predicted molar refractivity (Wildman–Crippen MR) is 95.5 cm³/mol. The van der Waals surface area contributed by atoms with Gasteiger partial charge in [-0.15, -0.1) is 11.3 Å². The van der Waals surface area contributed by atoms with Crippen molar-refractivity contribution in [1.29, 1.82) is 0 Å². The molecule has 0 aliphatic carbocycles. The zero-order valence-electron chi connectivity index (χ0n) is 14.2. The molecule has 0 N–H and O–H groups in total. The van der Waals surface area contributed by atoms with E-state index in [0.29, 0.717) is 19.1 Å². The molecule has 1 aromatic carbocycles. The van der Waals surface area contributed by atoms with E-state index in [1.807, 2.05) is 18.4 Å². The summed E-state index contributed by atoms with van der Waals surface area (Å²) in [6, 6.07) is 11.0. The summed E-state index contributed by atoms with van der Waals surface area (Å²) in [7, 11) is 1.81. The van der Waals surface area contributed by atoms with E-state index in [-0.39, 0.29) is 11.7 Å². The number of likely N-dealkylation sites (tertiary alicyclic amines) is 1. The molecule has 1 aliphatic rings. The second kappa shape index (κ2) is 7.45. The fraction of sp³-hybridized carbons (Fsp3) is 0.421. The molecule has 1 amide bonds. The topological polar surface area (TPSA) is 23.6 Å². The molecule has 1 atom stereocenters. The Labute approximate surface area is 146 Å². The molecule has 0 radical (unpaired) electrons. The third-order valence-corrected chi connectivity index (χ3v) is 5.65. The molecule has 3 rings (SSSR count). The van der Waals surface area contributed by atoms with E-state index in [0.717, 1.165) is 24.9 Å². The molecular formula is C19H23FN2OS. The average Bonchev–Trinajstić information content (AvgIpc) is 3.18. The van der Waals surface area contributed by atoms with Gasteiger partial charge in [-0.2, -0.15) is 0 Å². The van der Waals surface area contributed by atoms with E-state index in [1.54, 1.807) is 17.0 Å². The van der Waals surface area contributed by atoms with Gasteiger partial charge in [0.1, 0.15) is 5.82 Å². The number of aryl methyl sites for hydroxylation is 1. The Balaban J connectivity index is 1.59. The van der Waals surface area contributed by atoms with Gasteiger partial charge in [0, 0.05) is 29.4 Å². The second-order valence-corrected chi connectivity index (χ2v) is 7.77. The molecule has 1 aromatic heterocycles. The number of likely N-dealkylation sites (N-methyl/N-ethyl adjacent to an activating group) is 1. The number of carbonyl (C=O) groups excluding carboxylic acids is 1. The SMILES string of the molecule is Cc1ccc(C2CCCN2CC(=O)N(C)Cc2ccc(F)cc2)s1. The Bertz CT molecular complexity index is 698. The molecule has 3 nitrogen and oxygen atoms in total. The molecule has 2 heterocycles. The van der Waals surface area contributed by atoms with Crippen molar-refractivity contribution in [3.05, 3.63) is 57.5 Å². The molecule has 0 saturated carbocycles. The molecule has 0 bridgehead atoms. The third kappa shape index (κ3) is 4.02. The number of hydrogen-bond acceptors (Lipinski definition) is 3. The first-order valence-electron chi connectivity index (χ1n) is 8.32. The van der Waals surface area contributed by atoms with E-state index >= 15 is 0 Å². The molecule has 1 aliphatic heterocycles. The lowest BCUT2D eigenvalue weighted by Gasteiger charge is -2.26. The quantitative estimate of drug-likeness (QED) is 0.817. The summed E-state index contributed by atoms with van der Waals surface area (Å²) in [4.78, 5) is 19.3. The van der Waals surface area contributed by atoms with Crippen LogP contribution in [0.15, 0.2) is 36.4 Å². The molecule has 1 fully saturated rings. The van der Waals surface area contributed by atoms with Crippen LogP contribution in [0.4, 0.5) is 4.39 Å². The van der Waals surface area contributed by atoms with Gasteiger partial charge < -0.3 is 4.90 Å². The average molecular weight is 346 g/mol. The molecule has 128 valence electrons. The minimum absolute atomic E-state index is 0.111. The van der Waals surface area contributed by atoms with Gasteiger partial charge in [-0.1, -0.05) is 12.1 Å². The summed E-state index contributed by atoms with van der Waals surface area (Å²) >= 11 is 1.83. The van der Waals surface area contributed by atoms with Crippen molar-refractivity contribution in [2.75, 3.05) is 20.1 Å². The van der Waals surface area contributed by atoms with E-state index in [2.05, 4.69) is 24.0 Å². The number of carbonyl (C=O) groups is 1. The lowest BCUT2D eigenvalue weighted by molar-refractivity contribution is -0.131. The normalized spacial score (nSPS) is 18.0. The maximum atomic E-state index is 13.0. The van der Waals surface area contributed by atoms with Crippen LogP contribution in [0.3, 0.4) is 0 Å². The third-order valence-electron chi connectivity index (χ3n) is 4.55. The number of amides is 1. The van der Waals surface area contributed by atoms with Gasteiger partial charge in [0.05, 0.1) is 6.54 Å². The second-order valence-electron chi connectivity index (χ2n) is 6.45. The fourth-order valence-corrected chi connectivity index (χ4v) is 4.26. The molecule has 1 unspecified atom stereocenters. The Morgan fingerprint density at radius 2 is 2.04 bits per heavy atom. The first-order chi connectivity index (χ1) is 11.5. The summed E-state index contributed by atoms with van der Waals surface area (Å²) in [6.45, 7) is 4.04. The van der Waals surface area contributed by atoms with Crippen LogP contribution in [0.5, 0.6) is 0 Å². The Morgan fingerprint density at radius 3 is 2.71 bits per heavy atom. The zero-order valence-corrected chi connectivity index (χ0v) is 15.0. The maximum Gasteiger partial charge on any atom is 0.236 e. The number of nitrogens with zero attached hydrogens (tertiary/aromatic N) is 2. The fourth-order valence-electron chi connectivity index (χ4n) is 3.22. The van der Waals surface area contributed by atoms with Crippen LogP contribution < -0.4 is 0 Å². The Hall–Kier alpha value is -1.72. The lowest BCUT2D eigenvalue weighted by atomic mass is 10.2. The molecule has 24 heavy (non-hydrogen) atoms. The van der Waals surface area contributed by atoms with E-state index in [4.69, 9.17) is 0 Å². The van der Waals surface area contributed by atoms with Crippen molar-refractivity contribution in [2.24, 2.45) is 0 Å². The van der Waals surface area contributed by atoms with Gasteiger partial charge in [-0.3, -0.25) is 9.69 Å². The van der Waals surface area contributed by atoms with Crippen LogP contribution in [-0.2, 0) is 11.3 Å². The van der Waals surface area contributed by atoms with Crippen LogP contribution in [0.2, 0.25) is 0 Å². The van der Waals surface area contributed by atoms with Gasteiger partial charge in [-0.05, 0) is 56.1 Å². The maximum absolute atomic E-state index is 13.0. The summed E-state index contributed by atoms with van der Waals surface area (Å²) in [5, 5.41) is 0. The molecule has 2 aromatic rings. The summed E-state index contributed by atoms with van der Waals surface area (Å²) in [5.74, 6) is -0.140. The van der Waals surface area contributed by atoms with E-state index in [9.17, 15) is 9.18 Å². The highest BCUT2D eigenvalue weighted by atomic mass is 32.1. The zero-order chi connectivity index (χ0) is 17.1. The van der Waals surface area contributed by atoms with Gasteiger partial charge in [-0.25, -0.2) is 4.39 Å². The van der Waals surface area contributed by atoms with Crippen molar-refractivity contribution in [1.82, 2.24) is 9.80 Å². The van der Waals surface area contributed by atoms with Crippen molar-refractivity contribution < 1.29 is 9.18 Å². The van der Waals surface area contributed by atoms with Crippen LogP contribution >= 0.6 is 11.3 Å². The van der Waals surface area contributed by atoms with Crippen LogP contribution in [0, 0.1) is 12.7 Å². The number of thiophene rings is 1. The highest BCUT2D eigenvalue weighted by Crippen LogP contribution is 2.35. The largest absolute Gasteiger partial charge is 0.340 e. The Morgan fingerprint density at radius 1 is 1.29 bits per heavy atom. The minimum Gasteiger partial charge on any atom is -0.340 e. The van der Waals surface area contributed by atoms with Gasteiger partial charge in [0.15, 0.2) is 0 Å². The van der Waals surface area contributed by atoms with Crippen LogP contribution in [-0.4, -0.2) is 35.8 Å². The Kier molecular flexibility index (Phi) is 5.31. The lowest BCUT2D eigenvalue weighted by Crippen LogP contribution is -2.37. The molecular weight excluding hydrogens is 323 g/mol. The van der Waals surface area contributed by atoms with Crippen LogP contribution in [0.1, 0.15) is 34.2 Å². The van der Waals surface area contributed by atoms with Crippen molar-refractivity contribution in [2.45, 2.75) is 32.4 Å².